The van der Waals surface area contributed by atoms with E-state index in [1.165, 1.54) is 161 Å². The van der Waals surface area contributed by atoms with Gasteiger partial charge in [0.25, 0.3) is 0 Å². The second kappa shape index (κ2) is 41.0. The molecule has 0 saturated heterocycles. The van der Waals surface area contributed by atoms with Gasteiger partial charge in [-0.25, -0.2) is 0 Å². The van der Waals surface area contributed by atoms with Crippen LogP contribution in [0.2, 0.25) is 0 Å². The number of esters is 1. The normalized spacial score (nSPS) is 12.5. The first-order valence-corrected chi connectivity index (χ1v) is 20.9. The van der Waals surface area contributed by atoms with Crippen molar-refractivity contribution in [1.29, 1.82) is 0 Å². The van der Waals surface area contributed by atoms with Crippen LogP contribution in [0.1, 0.15) is 219 Å². The summed E-state index contributed by atoms with van der Waals surface area (Å²) in [6.07, 6.45) is 49.6. The summed E-state index contributed by atoms with van der Waals surface area (Å²) in [5.74, 6) is -0.212. The van der Waals surface area contributed by atoms with Crippen LogP contribution in [-0.4, -0.2) is 37.0 Å². The zero-order valence-corrected chi connectivity index (χ0v) is 31.8. The molecule has 0 aromatic heterocycles. The Balaban J connectivity index is 3.37. The summed E-state index contributed by atoms with van der Waals surface area (Å²) in [6.45, 7) is 5.30. The monoisotopic (exact) mass is 663 g/mol. The van der Waals surface area contributed by atoms with Gasteiger partial charge in [-0.1, -0.05) is 199 Å². The van der Waals surface area contributed by atoms with E-state index in [0.717, 1.165) is 38.5 Å². The molecule has 1 unspecified atom stereocenters. The van der Waals surface area contributed by atoms with Gasteiger partial charge in [-0.15, -0.1) is 0 Å². The third-order valence-corrected chi connectivity index (χ3v) is 9.26. The van der Waals surface area contributed by atoms with E-state index in [-0.39, 0.29) is 12.6 Å². The Kier molecular flexibility index (Phi) is 40.1. The number of carbonyl (C=O) groups is 1. The van der Waals surface area contributed by atoms with Gasteiger partial charge < -0.3 is 14.6 Å². The molecule has 4 heteroatoms. The van der Waals surface area contributed by atoms with E-state index in [4.69, 9.17) is 9.47 Å². The quantitative estimate of drug-likeness (QED) is 0.0404. The minimum absolute atomic E-state index is 0.174. The number of hydrogen-bond donors (Lipinski definition) is 1. The highest BCUT2D eigenvalue weighted by Gasteiger charge is 2.13. The first-order chi connectivity index (χ1) is 23.2. The van der Waals surface area contributed by atoms with E-state index in [1.54, 1.807) is 0 Å². The topological polar surface area (TPSA) is 55.8 Å². The number of aliphatic hydroxyl groups is 1. The van der Waals surface area contributed by atoms with Gasteiger partial charge in [0, 0.05) is 13.0 Å². The number of ether oxygens (including phenoxy) is 2. The fraction of sp³-hybridized carbons (Fsp3) is 0.884. The predicted molar refractivity (Wildman–Crippen MR) is 205 cm³/mol. The third-order valence-electron chi connectivity index (χ3n) is 9.26. The lowest BCUT2D eigenvalue weighted by atomic mass is 10.0. The summed E-state index contributed by atoms with van der Waals surface area (Å²) in [5.41, 5.74) is 0. The molecule has 278 valence electrons. The molecule has 0 aromatic rings. The van der Waals surface area contributed by atoms with Crippen molar-refractivity contribution in [1.82, 2.24) is 0 Å². The second-order valence-corrected chi connectivity index (χ2v) is 14.1. The first kappa shape index (κ1) is 45.9. The molecule has 0 rings (SSSR count). The predicted octanol–water partition coefficient (Wildman–Crippen LogP) is 13.5. The maximum Gasteiger partial charge on any atom is 0.306 e. The molecule has 0 aliphatic heterocycles. The van der Waals surface area contributed by atoms with E-state index in [0.29, 0.717) is 19.6 Å². The van der Waals surface area contributed by atoms with Gasteiger partial charge in [-0.3, -0.25) is 4.79 Å². The molecule has 0 aliphatic carbocycles. The van der Waals surface area contributed by atoms with Crippen molar-refractivity contribution in [2.45, 2.75) is 225 Å². The maximum absolute atomic E-state index is 12.1. The Morgan fingerprint density at radius 2 is 0.936 bits per heavy atom. The van der Waals surface area contributed by atoms with Crippen LogP contribution in [0.15, 0.2) is 24.3 Å². The average molecular weight is 663 g/mol. The molecule has 0 aromatic carbocycles. The number of aliphatic hydroxyl groups excluding tert-OH is 1. The molecule has 1 N–H and O–H groups in total. The summed E-state index contributed by atoms with van der Waals surface area (Å²) < 4.78 is 11.1. The van der Waals surface area contributed by atoms with Crippen LogP contribution in [0.4, 0.5) is 0 Å². The first-order valence-electron chi connectivity index (χ1n) is 20.9. The summed E-state index contributed by atoms with van der Waals surface area (Å²) in [4.78, 5) is 12.1. The molecule has 0 fully saturated rings. The van der Waals surface area contributed by atoms with Crippen molar-refractivity contribution in [2.75, 3.05) is 19.8 Å². The van der Waals surface area contributed by atoms with Gasteiger partial charge in [0.15, 0.2) is 0 Å². The van der Waals surface area contributed by atoms with Crippen LogP contribution in [0, 0.1) is 0 Å². The lowest BCUT2D eigenvalue weighted by molar-refractivity contribution is -0.154. The van der Waals surface area contributed by atoms with Crippen molar-refractivity contribution < 1.29 is 19.4 Å². The zero-order chi connectivity index (χ0) is 34.1. The Labute approximate surface area is 294 Å². The number of rotatable bonds is 39. The van der Waals surface area contributed by atoms with Gasteiger partial charge >= 0.3 is 5.97 Å². The molecule has 0 aliphatic rings. The number of carbonyl (C=O) groups excluding carboxylic acids is 1. The standard InChI is InChI=1S/C43H82O4/c1-3-5-7-9-11-13-15-17-18-19-20-21-22-23-24-25-27-29-31-33-35-37-39-46-41-42(40-44)47-43(45)38-36-34-32-30-28-26-16-14-12-10-8-6-4-2/h8,10,14,16,42,44H,3-7,9,11-13,15,17-41H2,1-2H3/b10-8-,16-14-. The van der Waals surface area contributed by atoms with Gasteiger partial charge in [0.1, 0.15) is 6.10 Å². The van der Waals surface area contributed by atoms with Crippen LogP contribution in [0.25, 0.3) is 0 Å². The van der Waals surface area contributed by atoms with Crippen molar-refractivity contribution in [3.8, 4) is 0 Å². The molecule has 0 saturated carbocycles. The summed E-state index contributed by atoms with van der Waals surface area (Å²) in [6, 6.07) is 0. The maximum atomic E-state index is 12.1. The molecule has 47 heavy (non-hydrogen) atoms. The molecule has 1 atom stereocenters. The summed E-state index contributed by atoms with van der Waals surface area (Å²) in [7, 11) is 0. The molecular formula is C43H82O4. The summed E-state index contributed by atoms with van der Waals surface area (Å²) >= 11 is 0. The van der Waals surface area contributed by atoms with Gasteiger partial charge in [0.05, 0.1) is 13.2 Å². The number of allylic oxidation sites excluding steroid dienone is 4. The Morgan fingerprint density at radius 1 is 0.511 bits per heavy atom. The lowest BCUT2D eigenvalue weighted by Crippen LogP contribution is -2.27. The molecule has 0 spiro atoms. The average Bonchev–Trinajstić information content (AvgIpc) is 3.08. The van der Waals surface area contributed by atoms with Crippen LogP contribution in [0.5, 0.6) is 0 Å². The van der Waals surface area contributed by atoms with E-state index in [2.05, 4.69) is 38.2 Å². The number of unbranched alkanes of at least 4 members (excludes halogenated alkanes) is 27. The minimum atomic E-state index is -0.536. The van der Waals surface area contributed by atoms with E-state index in [1.807, 2.05) is 0 Å². The fourth-order valence-corrected chi connectivity index (χ4v) is 6.13. The summed E-state index contributed by atoms with van der Waals surface area (Å²) in [5, 5.41) is 9.58. The molecule has 0 amide bonds. The third kappa shape index (κ3) is 39.2. The molecule has 0 heterocycles. The van der Waals surface area contributed by atoms with Gasteiger partial charge in [-0.2, -0.15) is 0 Å². The Hall–Kier alpha value is -1.13. The van der Waals surface area contributed by atoms with E-state index in [9.17, 15) is 9.90 Å². The molecule has 4 nitrogen and oxygen atoms in total. The van der Waals surface area contributed by atoms with Crippen molar-refractivity contribution >= 4 is 5.97 Å². The van der Waals surface area contributed by atoms with Gasteiger partial charge in [0.2, 0.25) is 0 Å². The highest BCUT2D eigenvalue weighted by molar-refractivity contribution is 5.69. The van der Waals surface area contributed by atoms with Crippen molar-refractivity contribution in [3.63, 3.8) is 0 Å². The molecule has 0 bridgehead atoms. The van der Waals surface area contributed by atoms with Crippen LogP contribution < -0.4 is 0 Å². The SMILES string of the molecule is CCC/C=C\C/C=C\CCCCCCCC(=O)OC(CO)COCCCCCCCCCCCCCCCCCCCCCCCC. The largest absolute Gasteiger partial charge is 0.457 e. The molecular weight excluding hydrogens is 580 g/mol. The Morgan fingerprint density at radius 3 is 1.40 bits per heavy atom. The highest BCUT2D eigenvalue weighted by atomic mass is 16.6. The highest BCUT2D eigenvalue weighted by Crippen LogP contribution is 2.15. The number of hydrogen-bond acceptors (Lipinski definition) is 4. The Bertz CT molecular complexity index is 658. The van der Waals surface area contributed by atoms with Crippen LogP contribution >= 0.6 is 0 Å². The molecule has 0 radical (unpaired) electrons. The fourth-order valence-electron chi connectivity index (χ4n) is 6.13. The van der Waals surface area contributed by atoms with Crippen molar-refractivity contribution in [3.05, 3.63) is 24.3 Å². The lowest BCUT2D eigenvalue weighted by Gasteiger charge is -2.15. The van der Waals surface area contributed by atoms with E-state index >= 15 is 0 Å². The van der Waals surface area contributed by atoms with Crippen molar-refractivity contribution in [2.24, 2.45) is 0 Å². The zero-order valence-electron chi connectivity index (χ0n) is 31.8. The smallest absolute Gasteiger partial charge is 0.306 e. The minimum Gasteiger partial charge on any atom is -0.457 e. The second-order valence-electron chi connectivity index (χ2n) is 14.1. The van der Waals surface area contributed by atoms with Gasteiger partial charge in [-0.05, 0) is 38.5 Å². The van der Waals surface area contributed by atoms with Crippen LogP contribution in [-0.2, 0) is 14.3 Å². The van der Waals surface area contributed by atoms with Crippen LogP contribution in [0.3, 0.4) is 0 Å². The van der Waals surface area contributed by atoms with E-state index < -0.39 is 6.10 Å².